The summed E-state index contributed by atoms with van der Waals surface area (Å²) >= 11 is 7.03. The minimum Gasteiger partial charge on any atom is -0.497 e. The average Bonchev–Trinajstić information content (AvgIpc) is 2.79. The van der Waals surface area contributed by atoms with Crippen LogP contribution < -0.4 is 15.4 Å². The molecule has 31 heavy (non-hydrogen) atoms. The molecule has 0 heterocycles. The fourth-order valence-electron chi connectivity index (χ4n) is 3.05. The molecular formula is C24H24N2O3S2. The third-order valence-corrected chi connectivity index (χ3v) is 5.93. The van der Waals surface area contributed by atoms with Gasteiger partial charge in [0.1, 0.15) is 5.75 Å². The molecule has 0 spiro atoms. The first-order valence-corrected chi connectivity index (χ1v) is 11.0. The van der Waals surface area contributed by atoms with E-state index in [0.29, 0.717) is 0 Å². The molecule has 0 aliphatic carbocycles. The maximum Gasteiger partial charge on any atom is 0.309 e. The number of rotatable bonds is 8. The van der Waals surface area contributed by atoms with Gasteiger partial charge in [0.25, 0.3) is 0 Å². The highest BCUT2D eigenvalue weighted by Gasteiger charge is 2.18. The topological polar surface area (TPSA) is 64.8 Å². The Morgan fingerprint density at radius 1 is 1.00 bits per heavy atom. The van der Waals surface area contributed by atoms with Crippen molar-refractivity contribution in [3.05, 3.63) is 83.9 Å². The van der Waals surface area contributed by atoms with E-state index in [1.165, 1.54) is 7.11 Å². The van der Waals surface area contributed by atoms with Crippen LogP contribution in [0.1, 0.15) is 11.1 Å². The second kappa shape index (κ2) is 10.8. The number of para-hydroxylation sites is 1. The van der Waals surface area contributed by atoms with Crippen molar-refractivity contribution < 1.29 is 14.3 Å². The van der Waals surface area contributed by atoms with Crippen LogP contribution in [0.25, 0.3) is 0 Å². The zero-order chi connectivity index (χ0) is 22.2. The van der Waals surface area contributed by atoms with Crippen LogP contribution in [0.15, 0.2) is 77.7 Å². The molecule has 2 N–H and O–H groups in total. The van der Waals surface area contributed by atoms with Gasteiger partial charge in [0.15, 0.2) is 5.11 Å². The quantitative estimate of drug-likeness (QED) is 0.290. The fraction of sp³-hybridized carbons (Fsp3) is 0.167. The molecule has 0 aromatic heterocycles. The van der Waals surface area contributed by atoms with Gasteiger partial charge in [0, 0.05) is 16.3 Å². The van der Waals surface area contributed by atoms with Crippen molar-refractivity contribution in [3.63, 3.8) is 0 Å². The number of thiocarbonyl (C=S) groups is 1. The van der Waals surface area contributed by atoms with Gasteiger partial charge in [0.05, 0.1) is 26.3 Å². The van der Waals surface area contributed by atoms with Gasteiger partial charge in [-0.25, -0.2) is 0 Å². The Kier molecular flexibility index (Phi) is 7.92. The minimum atomic E-state index is -0.284. The normalized spacial score (nSPS) is 10.4. The monoisotopic (exact) mass is 452 g/mol. The number of nitrogens with two attached hydrogens (primary N) is 1. The van der Waals surface area contributed by atoms with Gasteiger partial charge in [-0.15, -0.1) is 11.8 Å². The van der Waals surface area contributed by atoms with Gasteiger partial charge in [-0.3, -0.25) is 9.69 Å². The molecule has 0 aliphatic rings. The fourth-order valence-corrected chi connectivity index (χ4v) is 4.31. The third kappa shape index (κ3) is 5.99. The van der Waals surface area contributed by atoms with Crippen molar-refractivity contribution in [2.45, 2.75) is 17.1 Å². The van der Waals surface area contributed by atoms with E-state index in [1.807, 2.05) is 77.7 Å². The summed E-state index contributed by atoms with van der Waals surface area (Å²) in [5.74, 6) is 1.27. The van der Waals surface area contributed by atoms with Gasteiger partial charge in [0.2, 0.25) is 0 Å². The third-order valence-electron chi connectivity index (χ3n) is 4.63. The molecule has 0 aliphatic heterocycles. The Bertz CT molecular complexity index is 1040. The first kappa shape index (κ1) is 22.7. The number of hydrogen-bond donors (Lipinski definition) is 1. The van der Waals surface area contributed by atoms with Crippen molar-refractivity contribution >= 4 is 46.4 Å². The lowest BCUT2D eigenvalue weighted by Gasteiger charge is -2.26. The molecule has 0 fully saturated rings. The van der Waals surface area contributed by atoms with E-state index in [1.54, 1.807) is 18.9 Å². The number of hydrogen-bond acceptors (Lipinski definition) is 5. The number of ether oxygens (including phenoxy) is 2. The van der Waals surface area contributed by atoms with Crippen LogP contribution in [0.3, 0.4) is 0 Å². The van der Waals surface area contributed by atoms with Crippen molar-refractivity contribution in [1.29, 1.82) is 0 Å². The lowest BCUT2D eigenvalue weighted by molar-refractivity contribution is -0.139. The summed E-state index contributed by atoms with van der Waals surface area (Å²) in [6, 6.07) is 23.5. The van der Waals surface area contributed by atoms with Crippen molar-refractivity contribution in [2.75, 3.05) is 19.1 Å². The molecule has 0 atom stereocenters. The first-order chi connectivity index (χ1) is 15.0. The Morgan fingerprint density at radius 2 is 1.68 bits per heavy atom. The van der Waals surface area contributed by atoms with E-state index < -0.39 is 0 Å². The van der Waals surface area contributed by atoms with E-state index in [2.05, 4.69) is 0 Å². The van der Waals surface area contributed by atoms with Crippen molar-refractivity contribution in [1.82, 2.24) is 0 Å². The first-order valence-electron chi connectivity index (χ1n) is 9.62. The lowest BCUT2D eigenvalue weighted by atomic mass is 10.1. The molecule has 0 unspecified atom stereocenters. The number of benzene rings is 3. The zero-order valence-electron chi connectivity index (χ0n) is 17.4. The van der Waals surface area contributed by atoms with E-state index in [9.17, 15) is 4.79 Å². The number of thioether (sulfide) groups is 1. The number of carbonyl (C=O) groups excluding carboxylic acids is 1. The highest BCUT2D eigenvalue weighted by atomic mass is 32.2. The number of methoxy groups -OCH3 is 2. The molecule has 5 nitrogen and oxygen atoms in total. The van der Waals surface area contributed by atoms with Gasteiger partial charge in [-0.05, 0) is 59.7 Å². The molecule has 160 valence electrons. The van der Waals surface area contributed by atoms with Crippen LogP contribution in [0.4, 0.5) is 11.4 Å². The largest absolute Gasteiger partial charge is 0.497 e. The highest BCUT2D eigenvalue weighted by molar-refractivity contribution is 7.98. The van der Waals surface area contributed by atoms with Crippen LogP contribution in [0.2, 0.25) is 0 Å². The molecule has 3 aromatic rings. The van der Waals surface area contributed by atoms with Crippen LogP contribution >= 0.6 is 24.0 Å². The summed E-state index contributed by atoms with van der Waals surface area (Å²) in [5, 5.41) is 0.248. The maximum absolute atomic E-state index is 11.8. The van der Waals surface area contributed by atoms with Crippen LogP contribution in [-0.4, -0.2) is 25.3 Å². The van der Waals surface area contributed by atoms with E-state index in [-0.39, 0.29) is 17.5 Å². The van der Waals surface area contributed by atoms with Crippen LogP contribution in [0, 0.1) is 0 Å². The molecule has 3 aromatic carbocycles. The minimum absolute atomic E-state index is 0.200. The Labute approximate surface area is 192 Å². The molecule has 0 radical (unpaired) electrons. The SMILES string of the molecule is COC(=O)Cc1ccc(N(C(N)=S)c2ccccc2)c(SCc2ccc(OC)cc2)c1. The maximum atomic E-state index is 11.8. The Hall–Kier alpha value is -3.03. The standard InChI is InChI=1S/C24H24N2O3S2/c1-28-20-11-8-17(9-12-20)16-31-22-14-18(15-23(27)29-2)10-13-21(22)26(24(25)30)19-6-4-3-5-7-19/h3-14H,15-16H2,1-2H3,(H2,25,30). The molecule has 0 amide bonds. The summed E-state index contributed by atoms with van der Waals surface area (Å²) in [4.78, 5) is 14.6. The van der Waals surface area contributed by atoms with E-state index in [0.717, 1.165) is 38.9 Å². The van der Waals surface area contributed by atoms with Gasteiger partial charge < -0.3 is 15.2 Å². The predicted octanol–water partition coefficient (Wildman–Crippen LogP) is 5.08. The zero-order valence-corrected chi connectivity index (χ0v) is 19.0. The predicted molar refractivity (Wildman–Crippen MR) is 130 cm³/mol. The lowest BCUT2D eigenvalue weighted by Crippen LogP contribution is -2.31. The summed E-state index contributed by atoms with van der Waals surface area (Å²) < 4.78 is 10.1. The summed E-state index contributed by atoms with van der Waals surface area (Å²) in [7, 11) is 3.04. The average molecular weight is 453 g/mol. The second-order valence-electron chi connectivity index (χ2n) is 6.70. The molecule has 0 saturated heterocycles. The summed E-state index contributed by atoms with van der Waals surface area (Å²) in [6.45, 7) is 0. The van der Waals surface area contributed by atoms with E-state index >= 15 is 0 Å². The number of nitrogens with zero attached hydrogens (tertiary/aromatic N) is 1. The highest BCUT2D eigenvalue weighted by Crippen LogP contribution is 2.37. The van der Waals surface area contributed by atoms with E-state index in [4.69, 9.17) is 27.4 Å². The smallest absolute Gasteiger partial charge is 0.309 e. The molecule has 7 heteroatoms. The number of anilines is 2. The Morgan fingerprint density at radius 3 is 2.29 bits per heavy atom. The Balaban J connectivity index is 1.96. The second-order valence-corrected chi connectivity index (χ2v) is 8.14. The molecule has 0 saturated carbocycles. The van der Waals surface area contributed by atoms with Crippen molar-refractivity contribution in [3.8, 4) is 5.75 Å². The van der Waals surface area contributed by atoms with Gasteiger partial charge in [-0.1, -0.05) is 36.4 Å². The van der Waals surface area contributed by atoms with Crippen LogP contribution in [0.5, 0.6) is 5.75 Å². The van der Waals surface area contributed by atoms with Gasteiger partial charge in [-0.2, -0.15) is 0 Å². The van der Waals surface area contributed by atoms with Crippen molar-refractivity contribution in [2.24, 2.45) is 5.73 Å². The molecular weight excluding hydrogens is 428 g/mol. The van der Waals surface area contributed by atoms with Gasteiger partial charge >= 0.3 is 5.97 Å². The number of carbonyl (C=O) groups is 1. The molecule has 3 rings (SSSR count). The molecule has 0 bridgehead atoms. The summed E-state index contributed by atoms with van der Waals surface area (Å²) in [5.41, 5.74) is 9.87. The summed E-state index contributed by atoms with van der Waals surface area (Å²) in [6.07, 6.45) is 0.200. The van der Waals surface area contributed by atoms with Crippen LogP contribution in [-0.2, 0) is 21.7 Å². The number of esters is 1.